The Morgan fingerprint density at radius 3 is 2.46 bits per heavy atom. The first-order chi connectivity index (χ1) is 11.6. The van der Waals surface area contributed by atoms with Crippen LogP contribution in [0.2, 0.25) is 0 Å². The molecule has 126 valence electrons. The molecule has 24 heavy (non-hydrogen) atoms. The fourth-order valence-corrected chi connectivity index (χ4v) is 6.62. The van der Waals surface area contributed by atoms with E-state index in [1.165, 1.54) is 0 Å². The van der Waals surface area contributed by atoms with Gasteiger partial charge in [-0.3, -0.25) is 4.67 Å². The summed E-state index contributed by atoms with van der Waals surface area (Å²) in [5, 5.41) is 0. The molecule has 0 aromatic heterocycles. The lowest BCUT2D eigenvalue weighted by molar-refractivity contribution is 0.373. The first-order valence-corrected chi connectivity index (χ1v) is 10.1. The minimum absolute atomic E-state index is 0.320. The van der Waals surface area contributed by atoms with Crippen LogP contribution >= 0.6 is 7.67 Å². The van der Waals surface area contributed by atoms with Crippen molar-refractivity contribution in [1.82, 2.24) is 4.67 Å². The van der Waals surface area contributed by atoms with Crippen molar-refractivity contribution in [2.75, 3.05) is 17.8 Å². The molecular weight excluding hydrogens is 319 g/mol. The maximum atomic E-state index is 14.1. The van der Waals surface area contributed by atoms with E-state index in [1.807, 2.05) is 67.0 Å². The number of nitrogens with zero attached hydrogens (tertiary/aromatic N) is 2. The molecule has 2 fully saturated rings. The van der Waals surface area contributed by atoms with Crippen LogP contribution in [0, 0.1) is 13.8 Å². The summed E-state index contributed by atoms with van der Waals surface area (Å²) in [6, 6.07) is 16.3. The van der Waals surface area contributed by atoms with E-state index in [0.29, 0.717) is 6.04 Å². The maximum absolute atomic E-state index is 14.1. The molecule has 0 unspecified atom stereocenters. The van der Waals surface area contributed by atoms with E-state index in [-0.39, 0.29) is 0 Å². The van der Waals surface area contributed by atoms with Crippen LogP contribution in [0.1, 0.15) is 24.0 Å². The second-order valence-electron chi connectivity index (χ2n) is 6.68. The highest BCUT2D eigenvalue weighted by molar-refractivity contribution is 7.59. The maximum Gasteiger partial charge on any atom is 0.422 e. The molecule has 2 aliphatic rings. The van der Waals surface area contributed by atoms with E-state index in [0.717, 1.165) is 48.5 Å². The van der Waals surface area contributed by atoms with Crippen LogP contribution in [0.25, 0.3) is 0 Å². The smallest absolute Gasteiger partial charge is 0.417 e. The van der Waals surface area contributed by atoms with Gasteiger partial charge in [-0.2, -0.15) is 4.67 Å². The van der Waals surface area contributed by atoms with Gasteiger partial charge in [0, 0.05) is 24.8 Å². The van der Waals surface area contributed by atoms with E-state index in [4.69, 9.17) is 4.52 Å². The highest BCUT2D eigenvalue weighted by atomic mass is 31.2. The monoisotopic (exact) mass is 342 g/mol. The Kier molecular flexibility index (Phi) is 3.90. The topological polar surface area (TPSA) is 32.8 Å². The van der Waals surface area contributed by atoms with Gasteiger partial charge in [-0.15, -0.1) is 0 Å². The fraction of sp³-hybridized carbons (Fsp3) is 0.368. The number of fused-ring (bicyclic) bond motifs is 1. The summed E-state index contributed by atoms with van der Waals surface area (Å²) in [7, 11) is -3.11. The second-order valence-corrected chi connectivity index (χ2v) is 8.84. The number of aryl methyl sites for hydroxylation is 2. The average molecular weight is 342 g/mol. The summed E-state index contributed by atoms with van der Waals surface area (Å²) in [4.78, 5) is 0. The van der Waals surface area contributed by atoms with Crippen LogP contribution in [-0.2, 0) is 4.57 Å². The van der Waals surface area contributed by atoms with E-state index >= 15 is 0 Å². The van der Waals surface area contributed by atoms with Crippen molar-refractivity contribution >= 4 is 13.4 Å². The summed E-state index contributed by atoms with van der Waals surface area (Å²) in [6.45, 7) is 5.64. The van der Waals surface area contributed by atoms with E-state index in [2.05, 4.69) is 4.67 Å². The number of benzene rings is 2. The van der Waals surface area contributed by atoms with Crippen LogP contribution in [0.3, 0.4) is 0 Å². The molecule has 2 aromatic carbocycles. The van der Waals surface area contributed by atoms with Crippen molar-refractivity contribution < 1.29 is 9.09 Å². The van der Waals surface area contributed by atoms with Gasteiger partial charge in [0.25, 0.3) is 0 Å². The molecule has 0 N–H and O–H groups in total. The van der Waals surface area contributed by atoms with Gasteiger partial charge in [-0.1, -0.05) is 36.4 Å². The third kappa shape index (κ3) is 2.45. The molecule has 2 aromatic rings. The molecule has 5 heteroatoms. The van der Waals surface area contributed by atoms with Gasteiger partial charge in [0.2, 0.25) is 0 Å². The van der Waals surface area contributed by atoms with Crippen molar-refractivity contribution in [3.05, 3.63) is 59.7 Å². The zero-order valence-corrected chi connectivity index (χ0v) is 15.1. The Labute approximate surface area is 143 Å². The van der Waals surface area contributed by atoms with Crippen LogP contribution in [-0.4, -0.2) is 23.8 Å². The van der Waals surface area contributed by atoms with Gasteiger partial charge < -0.3 is 4.52 Å². The zero-order valence-electron chi connectivity index (χ0n) is 14.2. The van der Waals surface area contributed by atoms with Crippen molar-refractivity contribution in [2.45, 2.75) is 32.7 Å². The summed E-state index contributed by atoms with van der Waals surface area (Å²) < 4.78 is 24.5. The zero-order chi connectivity index (χ0) is 16.7. The van der Waals surface area contributed by atoms with Gasteiger partial charge in [-0.25, -0.2) is 4.57 Å². The number of anilines is 1. The highest BCUT2D eigenvalue weighted by Crippen LogP contribution is 2.63. The van der Waals surface area contributed by atoms with Crippen molar-refractivity contribution in [3.8, 4) is 5.75 Å². The van der Waals surface area contributed by atoms with Crippen LogP contribution in [0.15, 0.2) is 48.5 Å². The lowest BCUT2D eigenvalue weighted by Gasteiger charge is -2.31. The molecule has 0 bridgehead atoms. The van der Waals surface area contributed by atoms with Crippen LogP contribution in [0.4, 0.5) is 5.69 Å². The second kappa shape index (κ2) is 5.94. The largest absolute Gasteiger partial charge is 0.422 e. The molecule has 2 heterocycles. The van der Waals surface area contributed by atoms with Crippen LogP contribution in [0.5, 0.6) is 5.75 Å². The van der Waals surface area contributed by atoms with Crippen molar-refractivity contribution in [1.29, 1.82) is 0 Å². The van der Waals surface area contributed by atoms with Crippen LogP contribution < -0.4 is 9.19 Å². The molecule has 0 amide bonds. The van der Waals surface area contributed by atoms with E-state index in [9.17, 15) is 4.57 Å². The average Bonchev–Trinajstić information content (AvgIpc) is 3.15. The lowest BCUT2D eigenvalue weighted by Crippen LogP contribution is -2.23. The summed E-state index contributed by atoms with van der Waals surface area (Å²) in [5.74, 6) is 0.759. The van der Waals surface area contributed by atoms with Crippen molar-refractivity contribution in [3.63, 3.8) is 0 Å². The molecule has 4 rings (SSSR count). The fourth-order valence-electron chi connectivity index (χ4n) is 3.80. The predicted molar refractivity (Wildman–Crippen MR) is 97.7 cm³/mol. The molecule has 0 saturated carbocycles. The number of rotatable bonds is 3. The minimum Gasteiger partial charge on any atom is -0.417 e. The number of para-hydroxylation sites is 2. The highest BCUT2D eigenvalue weighted by Gasteiger charge is 2.53. The SMILES string of the molecule is Cc1cccc(C)c1O[P@@]1(=O)N(c2ccccc2)C[C@@H]2CCCN21. The third-order valence-corrected chi connectivity index (χ3v) is 7.63. The van der Waals surface area contributed by atoms with E-state index in [1.54, 1.807) is 0 Å². The predicted octanol–water partition coefficient (Wildman–Crippen LogP) is 4.77. The van der Waals surface area contributed by atoms with Gasteiger partial charge in [0.15, 0.2) is 0 Å². The van der Waals surface area contributed by atoms with Gasteiger partial charge in [0.1, 0.15) is 5.75 Å². The summed E-state index contributed by atoms with van der Waals surface area (Å²) >= 11 is 0. The molecule has 0 radical (unpaired) electrons. The van der Waals surface area contributed by atoms with Crippen molar-refractivity contribution in [2.24, 2.45) is 0 Å². The Morgan fingerprint density at radius 1 is 1.04 bits per heavy atom. The van der Waals surface area contributed by atoms with E-state index < -0.39 is 7.67 Å². The Bertz CT molecular complexity index is 773. The number of hydrogen-bond acceptors (Lipinski definition) is 2. The Balaban J connectivity index is 1.77. The molecule has 2 atom stereocenters. The molecule has 0 spiro atoms. The molecule has 2 saturated heterocycles. The molecular formula is C19H23N2O2P. The molecule has 2 aliphatic heterocycles. The van der Waals surface area contributed by atoms with Gasteiger partial charge in [-0.05, 0) is 49.9 Å². The van der Waals surface area contributed by atoms with Gasteiger partial charge >= 0.3 is 7.67 Å². The Morgan fingerprint density at radius 2 is 1.75 bits per heavy atom. The quantitative estimate of drug-likeness (QED) is 0.752. The minimum atomic E-state index is -3.11. The molecule has 0 aliphatic carbocycles. The lowest BCUT2D eigenvalue weighted by atomic mass is 10.1. The van der Waals surface area contributed by atoms with Gasteiger partial charge in [0.05, 0.1) is 0 Å². The first-order valence-electron chi connectivity index (χ1n) is 8.55. The first kappa shape index (κ1) is 15.7. The summed E-state index contributed by atoms with van der Waals surface area (Å²) in [5.41, 5.74) is 3.03. The standard InChI is InChI=1S/C19H23N2O2P/c1-15-8-6-9-16(2)19(15)23-24(22)20-13-7-12-18(20)14-21(24)17-10-4-3-5-11-17/h3-6,8-11,18H,7,12-14H2,1-2H3/t18-,24+/m0/s1. The Hall–Kier alpha value is -1.77. The third-order valence-electron chi connectivity index (χ3n) is 5.03. The number of hydrogen-bond donors (Lipinski definition) is 0. The summed E-state index contributed by atoms with van der Waals surface area (Å²) in [6.07, 6.45) is 2.18. The normalized spacial score (nSPS) is 26.6. The molecule has 4 nitrogen and oxygen atoms in total.